The highest BCUT2D eigenvalue weighted by Gasteiger charge is 2.71. The van der Waals surface area contributed by atoms with E-state index in [1.165, 1.54) is 12.2 Å². The number of allylic oxidation sites excluding steroid dienone is 1. The summed E-state index contributed by atoms with van der Waals surface area (Å²) in [6.45, 7) is 0. The van der Waals surface area contributed by atoms with Crippen LogP contribution in [0.15, 0.2) is 120 Å². The fourth-order valence-corrected chi connectivity index (χ4v) is 5.37. The summed E-state index contributed by atoms with van der Waals surface area (Å²) in [6, 6.07) is 26.4. The minimum atomic E-state index is -1.65. The van der Waals surface area contributed by atoms with Crippen LogP contribution in [-0.4, -0.2) is 17.7 Å². The minimum Gasteiger partial charge on any atom is -0.444 e. The second-order valence-electron chi connectivity index (χ2n) is 9.46. The second-order valence-corrected chi connectivity index (χ2v) is 9.46. The summed E-state index contributed by atoms with van der Waals surface area (Å²) >= 11 is 0. The summed E-state index contributed by atoms with van der Waals surface area (Å²) in [4.78, 5) is 26.6. The van der Waals surface area contributed by atoms with Gasteiger partial charge in [0.15, 0.2) is 0 Å². The Labute approximate surface area is 221 Å². The van der Waals surface area contributed by atoms with Crippen LogP contribution in [-0.2, 0) is 24.7 Å². The van der Waals surface area contributed by atoms with Gasteiger partial charge in [-0.2, -0.15) is 0 Å². The summed E-state index contributed by atoms with van der Waals surface area (Å²) in [7, 11) is 0. The third-order valence-electron chi connectivity index (χ3n) is 7.04. The predicted molar refractivity (Wildman–Crippen MR) is 145 cm³/mol. The molecule has 3 aromatic rings. The number of benzene rings is 3. The first-order valence-corrected chi connectivity index (χ1v) is 12.7. The number of fused-ring (bicyclic) bond motifs is 5. The number of esters is 2. The summed E-state index contributed by atoms with van der Waals surface area (Å²) < 4.78 is 18.9. The first-order valence-electron chi connectivity index (χ1n) is 12.7. The summed E-state index contributed by atoms with van der Waals surface area (Å²) in [6.07, 6.45) is 12.6. The highest BCUT2D eigenvalue weighted by Crippen LogP contribution is 2.61. The lowest BCUT2D eigenvalue weighted by molar-refractivity contribution is -0.228. The average Bonchev–Trinajstić information content (AvgIpc) is 3.36. The van der Waals surface area contributed by atoms with Gasteiger partial charge in [0.05, 0.1) is 5.56 Å². The maximum Gasteiger partial charge on any atom is 0.334 e. The Morgan fingerprint density at radius 2 is 1.37 bits per heavy atom. The second kappa shape index (κ2) is 9.67. The molecule has 5 nitrogen and oxygen atoms in total. The molecular weight excluding hydrogens is 476 g/mol. The van der Waals surface area contributed by atoms with Crippen molar-refractivity contribution >= 4 is 24.1 Å². The number of para-hydroxylation sites is 1. The Balaban J connectivity index is 1.40. The van der Waals surface area contributed by atoms with Crippen molar-refractivity contribution < 1.29 is 23.8 Å². The third kappa shape index (κ3) is 4.06. The molecule has 38 heavy (non-hydrogen) atoms. The Bertz CT molecular complexity index is 1500. The number of hydrogen-bond donors (Lipinski definition) is 0. The van der Waals surface area contributed by atoms with Gasteiger partial charge in [0.25, 0.3) is 0 Å². The largest absolute Gasteiger partial charge is 0.444 e. The van der Waals surface area contributed by atoms with Crippen molar-refractivity contribution in [1.82, 2.24) is 0 Å². The molecule has 0 bridgehead atoms. The van der Waals surface area contributed by atoms with Gasteiger partial charge < -0.3 is 14.2 Å². The summed E-state index contributed by atoms with van der Waals surface area (Å²) in [5.74, 6) is -2.30. The van der Waals surface area contributed by atoms with E-state index in [1.807, 2.05) is 91.0 Å². The van der Waals surface area contributed by atoms with E-state index in [2.05, 4.69) is 0 Å². The molecule has 1 aliphatic heterocycles. The lowest BCUT2D eigenvalue weighted by atomic mass is 9.86. The van der Waals surface area contributed by atoms with Crippen LogP contribution in [0.1, 0.15) is 36.0 Å². The molecule has 0 saturated carbocycles. The van der Waals surface area contributed by atoms with Gasteiger partial charge in [0.2, 0.25) is 5.60 Å². The van der Waals surface area contributed by atoms with Crippen LogP contribution in [0.2, 0.25) is 0 Å². The Morgan fingerprint density at radius 3 is 2.05 bits per heavy atom. The Hall–Kier alpha value is -4.64. The smallest absolute Gasteiger partial charge is 0.334 e. The van der Waals surface area contributed by atoms with Gasteiger partial charge in [-0.1, -0.05) is 84.9 Å². The number of rotatable bonds is 6. The van der Waals surface area contributed by atoms with E-state index >= 15 is 0 Å². The number of carbonyl (C=O) groups excluding carboxylic acids is 2. The lowest BCUT2D eigenvalue weighted by Gasteiger charge is -2.38. The van der Waals surface area contributed by atoms with Crippen LogP contribution in [0, 0.1) is 0 Å². The van der Waals surface area contributed by atoms with Crippen molar-refractivity contribution in [2.45, 2.75) is 30.7 Å². The van der Waals surface area contributed by atoms with E-state index in [0.29, 0.717) is 11.3 Å². The van der Waals surface area contributed by atoms with Gasteiger partial charge in [-0.3, -0.25) is 0 Å². The molecule has 0 radical (unpaired) electrons. The van der Waals surface area contributed by atoms with E-state index in [0.717, 1.165) is 41.5 Å². The van der Waals surface area contributed by atoms with E-state index in [-0.39, 0.29) is 0 Å². The molecule has 5 heteroatoms. The molecule has 2 atom stereocenters. The van der Waals surface area contributed by atoms with Crippen molar-refractivity contribution in [1.29, 1.82) is 0 Å². The first-order chi connectivity index (χ1) is 18.6. The van der Waals surface area contributed by atoms with Crippen LogP contribution < -0.4 is 4.74 Å². The van der Waals surface area contributed by atoms with Crippen LogP contribution in [0.4, 0.5) is 0 Å². The monoisotopic (exact) mass is 502 g/mol. The molecule has 3 aliphatic rings. The van der Waals surface area contributed by atoms with Gasteiger partial charge in [-0.15, -0.1) is 0 Å². The molecule has 0 spiro atoms. The van der Waals surface area contributed by atoms with Gasteiger partial charge in [0.1, 0.15) is 5.75 Å². The summed E-state index contributed by atoms with van der Waals surface area (Å²) in [5.41, 5.74) is 2.62. The molecule has 0 amide bonds. The van der Waals surface area contributed by atoms with Crippen LogP contribution >= 0.6 is 0 Å². The molecule has 2 unspecified atom stereocenters. The molecule has 188 valence electrons. The van der Waals surface area contributed by atoms with Gasteiger partial charge >= 0.3 is 17.7 Å². The lowest BCUT2D eigenvalue weighted by Crippen LogP contribution is -2.54. The SMILES string of the molecule is O=C(C=Cc1ccccc1)OC12Oc3ccccc3C1(OC(=O)C=Cc1ccccc1)C=C1CCCC=C12. The third-order valence-corrected chi connectivity index (χ3v) is 7.04. The van der Waals surface area contributed by atoms with Gasteiger partial charge in [-0.05, 0) is 60.3 Å². The van der Waals surface area contributed by atoms with Crippen molar-refractivity contribution in [2.75, 3.05) is 0 Å². The first kappa shape index (κ1) is 23.7. The van der Waals surface area contributed by atoms with Crippen LogP contribution in [0.25, 0.3) is 12.2 Å². The molecule has 1 heterocycles. The highest BCUT2D eigenvalue weighted by atomic mass is 16.8. The molecule has 2 aliphatic carbocycles. The minimum absolute atomic E-state index is 0.508. The van der Waals surface area contributed by atoms with E-state index in [9.17, 15) is 9.59 Å². The van der Waals surface area contributed by atoms with Crippen LogP contribution in [0.3, 0.4) is 0 Å². The Kier molecular flexibility index (Phi) is 6.04. The van der Waals surface area contributed by atoms with Gasteiger partial charge in [0, 0.05) is 17.7 Å². The van der Waals surface area contributed by atoms with E-state index in [1.54, 1.807) is 18.2 Å². The average molecular weight is 503 g/mol. The van der Waals surface area contributed by atoms with Crippen molar-refractivity contribution in [3.8, 4) is 5.75 Å². The zero-order valence-corrected chi connectivity index (χ0v) is 20.7. The topological polar surface area (TPSA) is 61.8 Å². The molecule has 0 fully saturated rings. The molecule has 3 aromatic carbocycles. The zero-order chi connectivity index (χ0) is 26.0. The molecule has 6 rings (SSSR count). The van der Waals surface area contributed by atoms with Crippen molar-refractivity contribution in [3.63, 3.8) is 0 Å². The maximum absolute atomic E-state index is 13.3. The molecule has 0 aromatic heterocycles. The number of ether oxygens (including phenoxy) is 3. The quantitative estimate of drug-likeness (QED) is 0.283. The molecule has 0 N–H and O–H groups in total. The molecular formula is C33H26O5. The van der Waals surface area contributed by atoms with E-state index < -0.39 is 23.3 Å². The fourth-order valence-electron chi connectivity index (χ4n) is 5.37. The highest BCUT2D eigenvalue weighted by molar-refractivity contribution is 5.90. The summed E-state index contributed by atoms with van der Waals surface area (Å²) in [5, 5.41) is 0. The number of hydrogen-bond acceptors (Lipinski definition) is 5. The van der Waals surface area contributed by atoms with Crippen molar-refractivity contribution in [3.05, 3.63) is 137 Å². The van der Waals surface area contributed by atoms with Crippen molar-refractivity contribution in [2.24, 2.45) is 0 Å². The Morgan fingerprint density at radius 1 is 0.763 bits per heavy atom. The predicted octanol–water partition coefficient (Wildman–Crippen LogP) is 6.53. The van der Waals surface area contributed by atoms with Gasteiger partial charge in [-0.25, -0.2) is 9.59 Å². The van der Waals surface area contributed by atoms with Crippen LogP contribution in [0.5, 0.6) is 5.75 Å². The zero-order valence-electron chi connectivity index (χ0n) is 20.7. The standard InChI is InChI=1S/C33H26O5/c34-30(21-19-24-11-3-1-4-12-24)37-32-23-26-15-7-8-16-27(26)33(32,36-29-18-10-9-17-28(29)32)38-31(35)22-20-25-13-5-2-6-14-25/h1-6,9-14,16-23H,7-8,15H2. The molecule has 0 saturated heterocycles. The fraction of sp³-hybridized carbons (Fsp3) is 0.152. The maximum atomic E-state index is 13.3. The normalized spacial score (nSPS) is 23.2. The number of carbonyl (C=O) groups is 2. The van der Waals surface area contributed by atoms with E-state index in [4.69, 9.17) is 14.2 Å².